The highest BCUT2D eigenvalue weighted by molar-refractivity contribution is 6.06. The molecule has 1 aliphatic heterocycles. The molecule has 0 aliphatic carbocycles. The van der Waals surface area contributed by atoms with Crippen LogP contribution in [0.4, 0.5) is 11.5 Å². The number of hydrogen-bond acceptors (Lipinski definition) is 9. The third kappa shape index (κ3) is 11.8. The monoisotopic (exact) mass is 837 g/mol. The summed E-state index contributed by atoms with van der Waals surface area (Å²) >= 11 is 0. The van der Waals surface area contributed by atoms with Crippen LogP contribution in [-0.4, -0.2) is 56.2 Å². The van der Waals surface area contributed by atoms with Gasteiger partial charge in [0.1, 0.15) is 28.7 Å². The molecule has 1 aliphatic rings. The maximum Gasteiger partial charge on any atom is 0.227 e. The Kier molecular flexibility index (Phi) is 15.7. The largest absolute Gasteiger partial charge is 0.382 e. The van der Waals surface area contributed by atoms with E-state index in [9.17, 15) is 28.8 Å². The highest BCUT2D eigenvalue weighted by atomic mass is 16.2. The lowest BCUT2D eigenvalue weighted by molar-refractivity contribution is -0.129. The molecule has 3 amide bonds. The second-order valence-electron chi connectivity index (χ2n) is 15.9. The molecule has 0 fully saturated rings. The number of primary amides is 1. The van der Waals surface area contributed by atoms with Gasteiger partial charge in [-0.2, -0.15) is 0 Å². The Bertz CT molecular complexity index is 2530. The number of anilines is 2. The van der Waals surface area contributed by atoms with E-state index in [4.69, 9.17) is 16.5 Å². The SMILES string of the molecule is CCCCc1nc2c(N)nc3ccccc3c2n1CCCCNC(=O)CCC(CC(=O)CCC(=O)CCC(=O)CCC(=O)N1Cc2ccccc2C#Cc2ccccc21)C(N)=O. The number of aryl methyl sites for hydroxylation is 2. The van der Waals surface area contributed by atoms with Gasteiger partial charge >= 0.3 is 0 Å². The number of unbranched alkanes of at least 4 members (excludes halogenated alkanes) is 2. The van der Waals surface area contributed by atoms with Gasteiger partial charge < -0.3 is 26.3 Å². The van der Waals surface area contributed by atoms with Gasteiger partial charge in [-0.3, -0.25) is 28.8 Å². The number of imidazole rings is 1. The number of nitrogens with one attached hydrogen (secondary N) is 1. The van der Waals surface area contributed by atoms with Crippen molar-refractivity contribution in [2.45, 2.75) is 110 Å². The molecule has 3 aromatic carbocycles. The van der Waals surface area contributed by atoms with Crippen LogP contribution in [0.25, 0.3) is 21.9 Å². The van der Waals surface area contributed by atoms with Gasteiger partial charge in [0.2, 0.25) is 17.7 Å². The van der Waals surface area contributed by atoms with Crippen LogP contribution in [0.1, 0.15) is 113 Å². The molecule has 0 spiro atoms. The van der Waals surface area contributed by atoms with E-state index in [1.54, 1.807) is 4.90 Å². The minimum atomic E-state index is -0.837. The summed E-state index contributed by atoms with van der Waals surface area (Å²) < 4.78 is 2.23. The normalized spacial score (nSPS) is 12.4. The van der Waals surface area contributed by atoms with Crippen molar-refractivity contribution in [2.75, 3.05) is 17.2 Å². The topological polar surface area (TPSA) is 200 Å². The third-order valence-electron chi connectivity index (χ3n) is 11.3. The van der Waals surface area contributed by atoms with Crippen LogP contribution in [0, 0.1) is 17.8 Å². The Balaban J connectivity index is 0.884. The highest BCUT2D eigenvalue weighted by Gasteiger charge is 2.24. The molecule has 62 heavy (non-hydrogen) atoms. The van der Waals surface area contributed by atoms with Crippen molar-refractivity contribution in [2.24, 2.45) is 11.7 Å². The molecule has 5 N–H and O–H groups in total. The van der Waals surface area contributed by atoms with Crippen molar-refractivity contribution in [1.82, 2.24) is 19.9 Å². The fraction of sp³-hybridized carbons (Fsp3) is 0.388. The van der Waals surface area contributed by atoms with E-state index < -0.39 is 11.8 Å². The number of Topliss-reactive ketones (excluding diaryl/α,β-unsaturated/α-hetero) is 3. The number of carbonyl (C=O) groups excluding carboxylic acids is 6. The second-order valence-corrected chi connectivity index (χ2v) is 15.9. The van der Waals surface area contributed by atoms with Crippen molar-refractivity contribution in [3.63, 3.8) is 0 Å². The van der Waals surface area contributed by atoms with Gasteiger partial charge in [-0.05, 0) is 55.5 Å². The Morgan fingerprint density at radius 2 is 1.42 bits per heavy atom. The number of rotatable bonds is 23. The average molecular weight is 838 g/mol. The van der Waals surface area contributed by atoms with Crippen LogP contribution < -0.4 is 21.7 Å². The van der Waals surface area contributed by atoms with Crippen LogP contribution in [0.2, 0.25) is 0 Å². The summed E-state index contributed by atoms with van der Waals surface area (Å²) in [7, 11) is 0. The number of ketones is 3. The van der Waals surface area contributed by atoms with E-state index in [1.807, 2.05) is 72.8 Å². The number of amides is 3. The number of nitrogen functional groups attached to an aromatic ring is 1. The van der Waals surface area contributed by atoms with Crippen molar-refractivity contribution < 1.29 is 28.8 Å². The van der Waals surface area contributed by atoms with E-state index in [-0.39, 0.29) is 87.0 Å². The van der Waals surface area contributed by atoms with Gasteiger partial charge in [-0.15, -0.1) is 0 Å². The van der Waals surface area contributed by atoms with Crippen molar-refractivity contribution in [1.29, 1.82) is 0 Å². The Hall–Kier alpha value is -6.68. The molecule has 1 atom stereocenters. The van der Waals surface area contributed by atoms with E-state index in [0.717, 1.165) is 64.6 Å². The van der Waals surface area contributed by atoms with Crippen LogP contribution in [0.15, 0.2) is 72.8 Å². The molecule has 0 radical (unpaired) electrons. The Morgan fingerprint density at radius 3 is 2.18 bits per heavy atom. The zero-order valence-corrected chi connectivity index (χ0v) is 35.4. The first-order valence-corrected chi connectivity index (χ1v) is 21.7. The molecule has 2 aromatic heterocycles. The molecular formula is C49H55N7O6. The smallest absolute Gasteiger partial charge is 0.227 e. The summed E-state index contributed by atoms with van der Waals surface area (Å²) in [5, 5.41) is 3.91. The summed E-state index contributed by atoms with van der Waals surface area (Å²) in [5.74, 6) is 4.98. The number of benzene rings is 3. The van der Waals surface area contributed by atoms with Gasteiger partial charge in [0, 0.05) is 93.3 Å². The van der Waals surface area contributed by atoms with Crippen LogP contribution in [0.3, 0.4) is 0 Å². The lowest BCUT2D eigenvalue weighted by Crippen LogP contribution is -2.32. The predicted molar refractivity (Wildman–Crippen MR) is 240 cm³/mol. The standard InChI is InChI=1S/C49H55N7O6/c1-2-3-18-43-54-46-47(40-15-7-8-16-41(40)53-48(46)50)55(43)30-11-10-29-52-44(60)27-21-35(49(51)62)31-39(59)25-24-37(57)22-23-38(58)26-28-45(61)56-32-36-14-5-4-12-33(36)19-20-34-13-6-9-17-42(34)56/h4-9,12-17,35H,2-3,10-11,18,21-32H2,1H3,(H2,50,53)(H2,51,62)(H,52,60). The summed E-state index contributed by atoms with van der Waals surface area (Å²) in [4.78, 5) is 87.7. The third-order valence-corrected chi connectivity index (χ3v) is 11.3. The first kappa shape index (κ1) is 44.9. The van der Waals surface area contributed by atoms with Crippen LogP contribution >= 0.6 is 0 Å². The predicted octanol–water partition coefficient (Wildman–Crippen LogP) is 6.67. The number of para-hydroxylation sites is 2. The van der Waals surface area contributed by atoms with Gasteiger partial charge in [0.25, 0.3) is 0 Å². The molecule has 0 saturated heterocycles. The van der Waals surface area contributed by atoms with Gasteiger partial charge in [-0.25, -0.2) is 9.97 Å². The minimum absolute atomic E-state index is 0.0144. The molecule has 6 rings (SSSR count). The van der Waals surface area contributed by atoms with Gasteiger partial charge in [-0.1, -0.05) is 73.7 Å². The fourth-order valence-corrected chi connectivity index (χ4v) is 7.81. The molecular weight excluding hydrogens is 783 g/mol. The molecule has 3 heterocycles. The summed E-state index contributed by atoms with van der Waals surface area (Å²) in [6, 6.07) is 23.0. The first-order valence-electron chi connectivity index (χ1n) is 21.7. The lowest BCUT2D eigenvalue weighted by atomic mass is 9.93. The number of aromatic nitrogens is 3. The molecule has 5 aromatic rings. The number of pyridine rings is 1. The Labute approximate surface area is 362 Å². The molecule has 322 valence electrons. The molecule has 1 unspecified atom stereocenters. The number of hydrogen-bond donors (Lipinski definition) is 3. The fourth-order valence-electron chi connectivity index (χ4n) is 7.81. The van der Waals surface area contributed by atoms with Gasteiger partial charge in [0.05, 0.1) is 23.3 Å². The van der Waals surface area contributed by atoms with Crippen LogP contribution in [0.5, 0.6) is 0 Å². The van der Waals surface area contributed by atoms with E-state index in [0.29, 0.717) is 43.1 Å². The zero-order valence-electron chi connectivity index (χ0n) is 35.4. The number of carbonyl (C=O) groups is 6. The quantitative estimate of drug-likeness (QED) is 0.0475. The summed E-state index contributed by atoms with van der Waals surface area (Å²) in [6.45, 7) is 3.61. The molecule has 0 bridgehead atoms. The number of nitrogens with zero attached hydrogens (tertiary/aromatic N) is 4. The number of nitrogens with two attached hydrogens (primary N) is 2. The summed E-state index contributed by atoms with van der Waals surface area (Å²) in [5.41, 5.74) is 17.6. The molecule has 13 nitrogen and oxygen atoms in total. The van der Waals surface area contributed by atoms with E-state index in [1.165, 1.54) is 0 Å². The maximum absolute atomic E-state index is 13.4. The molecule has 13 heteroatoms. The van der Waals surface area contributed by atoms with Crippen molar-refractivity contribution in [3.05, 3.63) is 95.3 Å². The highest BCUT2D eigenvalue weighted by Crippen LogP contribution is 2.30. The molecule has 0 saturated carbocycles. The minimum Gasteiger partial charge on any atom is -0.382 e. The number of fused-ring (bicyclic) bond motifs is 5. The van der Waals surface area contributed by atoms with E-state index in [2.05, 4.69) is 33.6 Å². The van der Waals surface area contributed by atoms with E-state index >= 15 is 0 Å². The van der Waals surface area contributed by atoms with Crippen LogP contribution in [-0.2, 0) is 48.3 Å². The first-order chi connectivity index (χ1) is 30.0. The summed E-state index contributed by atoms with van der Waals surface area (Å²) in [6.07, 6.45) is 4.06. The maximum atomic E-state index is 13.4. The van der Waals surface area contributed by atoms with Crippen molar-refractivity contribution >= 4 is 68.5 Å². The average Bonchev–Trinajstić information content (AvgIpc) is 3.64. The second kappa shape index (κ2) is 21.7. The Morgan fingerprint density at radius 1 is 0.758 bits per heavy atom. The lowest BCUT2D eigenvalue weighted by Gasteiger charge is -2.26. The van der Waals surface area contributed by atoms with Crippen molar-refractivity contribution in [3.8, 4) is 11.8 Å². The zero-order chi connectivity index (χ0) is 44.0. The van der Waals surface area contributed by atoms with Gasteiger partial charge in [0.15, 0.2) is 5.82 Å².